The van der Waals surface area contributed by atoms with Crippen LogP contribution in [0, 0.1) is 12.8 Å². The van der Waals surface area contributed by atoms with Gasteiger partial charge in [-0.1, -0.05) is 0 Å². The number of piperidine rings is 1. The van der Waals surface area contributed by atoms with Crippen molar-refractivity contribution in [3.8, 4) is 11.4 Å². The molecule has 1 saturated heterocycles. The third kappa shape index (κ3) is 3.71. The van der Waals surface area contributed by atoms with Crippen LogP contribution in [0.5, 0.6) is 5.75 Å². The van der Waals surface area contributed by atoms with Gasteiger partial charge in [-0.3, -0.25) is 0 Å². The van der Waals surface area contributed by atoms with Crippen LogP contribution in [0.15, 0.2) is 18.2 Å². The van der Waals surface area contributed by atoms with Gasteiger partial charge in [0, 0.05) is 25.4 Å². The highest BCUT2D eigenvalue weighted by Crippen LogP contribution is 2.27. The first-order chi connectivity index (χ1) is 12.1. The van der Waals surface area contributed by atoms with E-state index in [-0.39, 0.29) is 12.6 Å². The van der Waals surface area contributed by atoms with Crippen LogP contribution in [0.25, 0.3) is 5.69 Å². The first kappa shape index (κ1) is 17.2. The van der Waals surface area contributed by atoms with E-state index < -0.39 is 0 Å². The Labute approximate surface area is 145 Å². The maximum Gasteiger partial charge on any atom is 0.321 e. The largest absolute Gasteiger partial charge is 0.494 e. The normalized spacial score (nSPS) is 15.2. The van der Waals surface area contributed by atoms with Gasteiger partial charge >= 0.3 is 6.03 Å². The Kier molecular flexibility index (Phi) is 5.13. The Morgan fingerprint density at radius 1 is 1.40 bits per heavy atom. The van der Waals surface area contributed by atoms with Crippen LogP contribution in [-0.2, 0) is 0 Å². The number of benzene rings is 1. The van der Waals surface area contributed by atoms with Crippen LogP contribution >= 0.6 is 0 Å². The van der Waals surface area contributed by atoms with Gasteiger partial charge in [0.1, 0.15) is 11.4 Å². The zero-order chi connectivity index (χ0) is 17.8. The number of tetrazole rings is 1. The summed E-state index contributed by atoms with van der Waals surface area (Å²) in [5.41, 5.74) is 1.29. The minimum atomic E-state index is -0.152. The van der Waals surface area contributed by atoms with Gasteiger partial charge in [0.2, 0.25) is 0 Å². The standard InChI is InChI=1S/C16H22N6O3/c1-11-18-19-20-22(11)14-9-13(3-4-15(14)25-2)17-16(24)21-7-5-12(10-23)6-8-21/h3-4,9,12,23H,5-8,10H2,1-2H3,(H,17,24). The van der Waals surface area contributed by atoms with E-state index >= 15 is 0 Å². The van der Waals surface area contributed by atoms with Crippen LogP contribution in [-0.4, -0.2) is 63.1 Å². The summed E-state index contributed by atoms with van der Waals surface area (Å²) in [4.78, 5) is 14.2. The maximum atomic E-state index is 12.5. The highest BCUT2D eigenvalue weighted by atomic mass is 16.5. The van der Waals surface area contributed by atoms with Crippen molar-refractivity contribution >= 4 is 11.7 Å². The summed E-state index contributed by atoms with van der Waals surface area (Å²) in [5, 5.41) is 23.6. The van der Waals surface area contributed by atoms with Crippen LogP contribution in [0.3, 0.4) is 0 Å². The first-order valence-electron chi connectivity index (χ1n) is 8.22. The molecule has 2 heterocycles. The van der Waals surface area contributed by atoms with Gasteiger partial charge in [0.15, 0.2) is 5.82 Å². The van der Waals surface area contributed by atoms with Gasteiger partial charge in [0.25, 0.3) is 0 Å². The fourth-order valence-corrected chi connectivity index (χ4v) is 2.91. The van der Waals surface area contributed by atoms with Crippen molar-refractivity contribution in [3.05, 3.63) is 24.0 Å². The molecule has 0 radical (unpaired) electrons. The molecule has 1 aliphatic rings. The second kappa shape index (κ2) is 7.47. The summed E-state index contributed by atoms with van der Waals surface area (Å²) >= 11 is 0. The number of hydrogen-bond donors (Lipinski definition) is 2. The fraction of sp³-hybridized carbons (Fsp3) is 0.500. The molecular formula is C16H22N6O3. The second-order valence-corrected chi connectivity index (χ2v) is 6.07. The van der Waals surface area contributed by atoms with Gasteiger partial charge in [0.05, 0.1) is 7.11 Å². The predicted molar refractivity (Wildman–Crippen MR) is 90.8 cm³/mol. The van der Waals surface area contributed by atoms with E-state index in [4.69, 9.17) is 4.74 Å². The zero-order valence-electron chi connectivity index (χ0n) is 14.3. The summed E-state index contributed by atoms with van der Waals surface area (Å²) in [5.74, 6) is 1.52. The zero-order valence-corrected chi connectivity index (χ0v) is 14.3. The van der Waals surface area contributed by atoms with Crippen LogP contribution < -0.4 is 10.1 Å². The number of hydrogen-bond acceptors (Lipinski definition) is 6. The number of ether oxygens (including phenoxy) is 1. The van der Waals surface area contributed by atoms with Crippen molar-refractivity contribution in [2.45, 2.75) is 19.8 Å². The van der Waals surface area contributed by atoms with Crippen LogP contribution in [0.4, 0.5) is 10.5 Å². The molecule has 1 aromatic heterocycles. The Hall–Kier alpha value is -2.68. The molecule has 0 bridgehead atoms. The van der Waals surface area contributed by atoms with E-state index in [1.165, 1.54) is 0 Å². The van der Waals surface area contributed by atoms with Crippen molar-refractivity contribution in [2.75, 3.05) is 32.1 Å². The third-order valence-corrected chi connectivity index (χ3v) is 4.44. The van der Waals surface area contributed by atoms with Gasteiger partial charge in [-0.05, 0) is 54.3 Å². The molecule has 0 spiro atoms. The molecular weight excluding hydrogens is 324 g/mol. The second-order valence-electron chi connectivity index (χ2n) is 6.07. The number of aliphatic hydroxyl groups excluding tert-OH is 1. The molecule has 0 unspecified atom stereocenters. The number of amides is 2. The predicted octanol–water partition coefficient (Wildman–Crippen LogP) is 1.22. The number of aryl methyl sites for hydroxylation is 1. The molecule has 1 fully saturated rings. The highest BCUT2D eigenvalue weighted by Gasteiger charge is 2.22. The van der Waals surface area contributed by atoms with E-state index in [1.807, 2.05) is 0 Å². The van der Waals surface area contributed by atoms with Gasteiger partial charge in [-0.25, -0.2) is 4.79 Å². The molecule has 9 heteroatoms. The lowest BCUT2D eigenvalue weighted by molar-refractivity contribution is 0.143. The number of methoxy groups -OCH3 is 1. The summed E-state index contributed by atoms with van der Waals surface area (Å²) in [6, 6.07) is 5.17. The Morgan fingerprint density at radius 3 is 2.76 bits per heavy atom. The molecule has 9 nitrogen and oxygen atoms in total. The molecule has 0 aliphatic carbocycles. The third-order valence-electron chi connectivity index (χ3n) is 4.44. The minimum absolute atomic E-state index is 0.152. The molecule has 2 aromatic rings. The van der Waals surface area contributed by atoms with E-state index in [2.05, 4.69) is 20.8 Å². The number of nitrogens with zero attached hydrogens (tertiary/aromatic N) is 5. The van der Waals surface area contributed by atoms with Gasteiger partial charge in [-0.15, -0.1) is 5.10 Å². The maximum absolute atomic E-state index is 12.5. The van der Waals surface area contributed by atoms with E-state index in [1.54, 1.807) is 41.8 Å². The molecule has 2 amide bonds. The quantitative estimate of drug-likeness (QED) is 0.862. The molecule has 2 N–H and O–H groups in total. The van der Waals surface area contributed by atoms with Gasteiger partial charge < -0.3 is 20.1 Å². The molecule has 25 heavy (non-hydrogen) atoms. The highest BCUT2D eigenvalue weighted by molar-refractivity contribution is 5.90. The van der Waals surface area contributed by atoms with Gasteiger partial charge in [-0.2, -0.15) is 4.68 Å². The van der Waals surface area contributed by atoms with Crippen LogP contribution in [0.2, 0.25) is 0 Å². The lowest BCUT2D eigenvalue weighted by Gasteiger charge is -2.31. The summed E-state index contributed by atoms with van der Waals surface area (Å²) in [7, 11) is 1.57. The van der Waals surface area contributed by atoms with E-state index in [9.17, 15) is 9.90 Å². The molecule has 0 atom stereocenters. The van der Waals surface area contributed by atoms with Crippen molar-refractivity contribution in [1.29, 1.82) is 0 Å². The summed E-state index contributed by atoms with van der Waals surface area (Å²) in [6.07, 6.45) is 1.64. The van der Waals surface area contributed by atoms with Crippen molar-refractivity contribution < 1.29 is 14.6 Å². The van der Waals surface area contributed by atoms with E-state index in [0.29, 0.717) is 42.0 Å². The number of aromatic nitrogens is 4. The molecule has 0 saturated carbocycles. The smallest absolute Gasteiger partial charge is 0.321 e. The first-order valence-corrected chi connectivity index (χ1v) is 8.22. The molecule has 3 rings (SSSR count). The summed E-state index contributed by atoms with van der Waals surface area (Å²) < 4.78 is 6.92. The lowest BCUT2D eigenvalue weighted by atomic mass is 9.98. The lowest BCUT2D eigenvalue weighted by Crippen LogP contribution is -2.41. The molecule has 1 aromatic carbocycles. The number of aliphatic hydroxyl groups is 1. The number of likely N-dealkylation sites (tertiary alicyclic amines) is 1. The molecule has 134 valence electrons. The topological polar surface area (TPSA) is 105 Å². The monoisotopic (exact) mass is 346 g/mol. The SMILES string of the molecule is COc1ccc(NC(=O)N2CCC(CO)CC2)cc1-n1nnnc1C. The van der Waals surface area contributed by atoms with Crippen LogP contribution in [0.1, 0.15) is 18.7 Å². The number of urea groups is 1. The average molecular weight is 346 g/mol. The fourth-order valence-electron chi connectivity index (χ4n) is 2.91. The Balaban J connectivity index is 1.75. The number of rotatable bonds is 4. The average Bonchev–Trinajstić information content (AvgIpc) is 3.07. The number of nitrogens with one attached hydrogen (secondary N) is 1. The number of anilines is 1. The van der Waals surface area contributed by atoms with E-state index in [0.717, 1.165) is 12.8 Å². The molecule has 1 aliphatic heterocycles. The van der Waals surface area contributed by atoms with Crippen molar-refractivity contribution in [1.82, 2.24) is 25.1 Å². The number of carbonyl (C=O) groups is 1. The van der Waals surface area contributed by atoms with Crippen molar-refractivity contribution in [3.63, 3.8) is 0 Å². The Morgan fingerprint density at radius 2 is 2.16 bits per heavy atom. The Bertz CT molecular complexity index is 739. The summed E-state index contributed by atoms with van der Waals surface area (Å²) in [6.45, 7) is 3.26. The minimum Gasteiger partial charge on any atom is -0.494 e. The van der Waals surface area contributed by atoms with Crippen molar-refractivity contribution in [2.24, 2.45) is 5.92 Å². The number of carbonyl (C=O) groups excluding carboxylic acids is 1.